The van der Waals surface area contributed by atoms with E-state index >= 15 is 0 Å². The molecule has 0 radical (unpaired) electrons. The Balaban J connectivity index is 0.000000472. The predicted octanol–water partition coefficient (Wildman–Crippen LogP) is 5.73. The quantitative estimate of drug-likeness (QED) is 0.648. The van der Waals surface area contributed by atoms with Crippen molar-refractivity contribution >= 4 is 17.3 Å². The average molecular weight is 328 g/mol. The molecule has 0 saturated heterocycles. The Morgan fingerprint density at radius 3 is 2.18 bits per heavy atom. The standard InChI is InChI=1S/C12H21NS.C6H12O2/c1-5-9(3)7-11(6-2)12-13-10(4)8-14-12;1-5(7)8-6(2,3)4/h8-9,11H,5-7H2,1-4H3;1-4H3. The Bertz CT molecular complexity index is 435. The van der Waals surface area contributed by atoms with Gasteiger partial charge in [-0.25, -0.2) is 4.98 Å². The molecule has 4 heteroatoms. The number of aromatic nitrogens is 1. The van der Waals surface area contributed by atoms with Crippen molar-refractivity contribution in [3.63, 3.8) is 0 Å². The monoisotopic (exact) mass is 327 g/mol. The van der Waals surface area contributed by atoms with Gasteiger partial charge in [-0.2, -0.15) is 0 Å². The highest BCUT2D eigenvalue weighted by Gasteiger charge is 2.15. The maximum Gasteiger partial charge on any atom is 0.303 e. The van der Waals surface area contributed by atoms with Gasteiger partial charge >= 0.3 is 5.97 Å². The molecule has 2 atom stereocenters. The van der Waals surface area contributed by atoms with E-state index in [2.05, 4.69) is 38.1 Å². The molecule has 3 nitrogen and oxygen atoms in total. The first kappa shape index (κ1) is 21.1. The lowest BCUT2D eigenvalue weighted by Gasteiger charge is -2.17. The van der Waals surface area contributed by atoms with Gasteiger partial charge in [0.1, 0.15) is 5.60 Å². The molecule has 0 fully saturated rings. The molecule has 0 N–H and O–H groups in total. The minimum absolute atomic E-state index is 0.225. The van der Waals surface area contributed by atoms with Crippen molar-refractivity contribution in [3.8, 4) is 0 Å². The molecule has 0 aliphatic carbocycles. The van der Waals surface area contributed by atoms with Crippen molar-refractivity contribution in [2.24, 2.45) is 5.92 Å². The van der Waals surface area contributed by atoms with Crippen molar-refractivity contribution < 1.29 is 9.53 Å². The van der Waals surface area contributed by atoms with E-state index < -0.39 is 0 Å². The van der Waals surface area contributed by atoms with E-state index in [9.17, 15) is 4.79 Å². The Hall–Kier alpha value is -0.900. The summed E-state index contributed by atoms with van der Waals surface area (Å²) in [5.74, 6) is 1.28. The van der Waals surface area contributed by atoms with Crippen LogP contribution in [0, 0.1) is 12.8 Å². The second-order valence-corrected chi connectivity index (χ2v) is 7.78. The van der Waals surface area contributed by atoms with Crippen LogP contribution in [0.15, 0.2) is 5.38 Å². The normalized spacial score (nSPS) is 13.8. The van der Waals surface area contributed by atoms with Crippen LogP contribution in [0.4, 0.5) is 0 Å². The summed E-state index contributed by atoms with van der Waals surface area (Å²) in [5, 5.41) is 3.50. The smallest absolute Gasteiger partial charge is 0.303 e. The summed E-state index contributed by atoms with van der Waals surface area (Å²) in [5.41, 5.74) is 0.846. The number of carbonyl (C=O) groups is 1. The number of nitrogens with zero attached hydrogens (tertiary/aromatic N) is 1. The number of thiazole rings is 1. The Morgan fingerprint density at radius 1 is 1.32 bits per heavy atom. The Labute approximate surface area is 140 Å². The molecular formula is C18H33NO2S. The Morgan fingerprint density at radius 2 is 1.91 bits per heavy atom. The topological polar surface area (TPSA) is 39.2 Å². The van der Waals surface area contributed by atoms with Crippen molar-refractivity contribution in [2.45, 2.75) is 86.2 Å². The molecular weight excluding hydrogens is 294 g/mol. The molecule has 0 saturated carbocycles. The minimum Gasteiger partial charge on any atom is -0.460 e. The van der Waals surface area contributed by atoms with Gasteiger partial charge in [0, 0.05) is 23.9 Å². The molecule has 0 amide bonds. The second-order valence-electron chi connectivity index (χ2n) is 6.89. The molecule has 128 valence electrons. The molecule has 0 aliphatic heterocycles. The highest BCUT2D eigenvalue weighted by Crippen LogP contribution is 2.30. The van der Waals surface area contributed by atoms with E-state index in [0.717, 1.165) is 5.92 Å². The molecule has 0 aromatic carbocycles. The Kier molecular flexibility index (Phi) is 9.58. The largest absolute Gasteiger partial charge is 0.460 e. The molecule has 1 aromatic rings. The van der Waals surface area contributed by atoms with E-state index in [4.69, 9.17) is 4.74 Å². The van der Waals surface area contributed by atoms with Crippen LogP contribution in [0.1, 0.15) is 84.3 Å². The van der Waals surface area contributed by atoms with Crippen LogP contribution in [0.3, 0.4) is 0 Å². The SMILES string of the molecule is CC(=O)OC(C)(C)C.CCC(C)CC(CC)c1nc(C)cs1. The van der Waals surface area contributed by atoms with Gasteiger partial charge in [-0.05, 0) is 46.5 Å². The third-order valence-corrected chi connectivity index (χ3v) is 4.44. The maximum absolute atomic E-state index is 10.2. The van der Waals surface area contributed by atoms with Gasteiger partial charge in [0.15, 0.2) is 0 Å². The molecule has 22 heavy (non-hydrogen) atoms. The zero-order valence-electron chi connectivity index (χ0n) is 15.5. The summed E-state index contributed by atoms with van der Waals surface area (Å²) in [4.78, 5) is 14.8. The zero-order valence-corrected chi connectivity index (χ0v) is 16.3. The first-order chi connectivity index (χ1) is 10.1. The van der Waals surface area contributed by atoms with Gasteiger partial charge in [-0.1, -0.05) is 27.2 Å². The molecule has 1 aromatic heterocycles. The fourth-order valence-electron chi connectivity index (χ4n) is 2.09. The van der Waals surface area contributed by atoms with Gasteiger partial charge in [-0.15, -0.1) is 11.3 Å². The fraction of sp³-hybridized carbons (Fsp3) is 0.778. The molecule has 0 bridgehead atoms. The van der Waals surface area contributed by atoms with Crippen LogP contribution in [-0.4, -0.2) is 16.6 Å². The number of carbonyl (C=O) groups excluding carboxylic acids is 1. The van der Waals surface area contributed by atoms with Gasteiger partial charge < -0.3 is 4.74 Å². The summed E-state index contributed by atoms with van der Waals surface area (Å²) >= 11 is 1.82. The molecule has 0 spiro atoms. The van der Waals surface area contributed by atoms with E-state index in [1.807, 2.05) is 32.1 Å². The lowest BCUT2D eigenvalue weighted by molar-refractivity contribution is -0.151. The summed E-state index contributed by atoms with van der Waals surface area (Å²) in [7, 11) is 0. The number of ether oxygens (including phenoxy) is 1. The lowest BCUT2D eigenvalue weighted by Crippen LogP contribution is -2.21. The second kappa shape index (κ2) is 9.98. The molecule has 0 aliphatic rings. The summed E-state index contributed by atoms with van der Waals surface area (Å²) < 4.78 is 4.80. The first-order valence-corrected chi connectivity index (χ1v) is 9.08. The van der Waals surface area contributed by atoms with Gasteiger partial charge in [-0.3, -0.25) is 4.79 Å². The fourth-order valence-corrected chi connectivity index (χ4v) is 3.08. The van der Waals surface area contributed by atoms with Crippen LogP contribution < -0.4 is 0 Å². The third-order valence-electron chi connectivity index (χ3n) is 3.31. The summed E-state index contributed by atoms with van der Waals surface area (Å²) in [6, 6.07) is 0. The van der Waals surface area contributed by atoms with Crippen molar-refractivity contribution in [1.82, 2.24) is 4.98 Å². The van der Waals surface area contributed by atoms with Crippen LogP contribution in [0.2, 0.25) is 0 Å². The van der Waals surface area contributed by atoms with E-state index in [-0.39, 0.29) is 11.6 Å². The molecule has 1 heterocycles. The number of hydrogen-bond acceptors (Lipinski definition) is 4. The zero-order chi connectivity index (χ0) is 17.3. The van der Waals surface area contributed by atoms with Gasteiger partial charge in [0.05, 0.1) is 5.01 Å². The number of esters is 1. The minimum atomic E-state index is -0.328. The van der Waals surface area contributed by atoms with Crippen LogP contribution >= 0.6 is 11.3 Å². The van der Waals surface area contributed by atoms with Crippen LogP contribution in [-0.2, 0) is 9.53 Å². The van der Waals surface area contributed by atoms with Crippen molar-refractivity contribution in [1.29, 1.82) is 0 Å². The van der Waals surface area contributed by atoms with Crippen LogP contribution in [0.25, 0.3) is 0 Å². The van der Waals surface area contributed by atoms with Crippen molar-refractivity contribution in [2.75, 3.05) is 0 Å². The molecule has 1 rings (SSSR count). The number of rotatable bonds is 5. The third kappa shape index (κ3) is 9.93. The highest BCUT2D eigenvalue weighted by atomic mass is 32.1. The van der Waals surface area contributed by atoms with E-state index in [0.29, 0.717) is 5.92 Å². The summed E-state index contributed by atoms with van der Waals surface area (Å²) in [6.45, 7) is 15.9. The average Bonchev–Trinajstić information content (AvgIpc) is 2.79. The van der Waals surface area contributed by atoms with Gasteiger partial charge in [0.2, 0.25) is 0 Å². The highest BCUT2D eigenvalue weighted by molar-refractivity contribution is 7.09. The number of hydrogen-bond donors (Lipinski definition) is 0. The number of aryl methyl sites for hydroxylation is 1. The van der Waals surface area contributed by atoms with Crippen molar-refractivity contribution in [3.05, 3.63) is 16.1 Å². The molecule has 2 unspecified atom stereocenters. The lowest BCUT2D eigenvalue weighted by atomic mass is 9.92. The van der Waals surface area contributed by atoms with E-state index in [1.54, 1.807) is 0 Å². The van der Waals surface area contributed by atoms with E-state index in [1.165, 1.54) is 36.9 Å². The predicted molar refractivity (Wildman–Crippen MR) is 95.5 cm³/mol. The maximum atomic E-state index is 10.2. The van der Waals surface area contributed by atoms with Gasteiger partial charge in [0.25, 0.3) is 0 Å². The van der Waals surface area contributed by atoms with Crippen LogP contribution in [0.5, 0.6) is 0 Å². The first-order valence-electron chi connectivity index (χ1n) is 8.20. The summed E-state index contributed by atoms with van der Waals surface area (Å²) in [6.07, 6.45) is 3.79.